The number of benzene rings is 2. The van der Waals surface area contributed by atoms with E-state index in [-0.39, 0.29) is 11.0 Å². The number of amides is 1. The number of para-hydroxylation sites is 1. The second-order valence-electron chi connectivity index (χ2n) is 5.77. The summed E-state index contributed by atoms with van der Waals surface area (Å²) in [6.45, 7) is 6.20. The number of anilines is 1. The van der Waals surface area contributed by atoms with Crippen molar-refractivity contribution in [2.75, 3.05) is 5.32 Å². The van der Waals surface area contributed by atoms with Crippen molar-refractivity contribution in [3.8, 4) is 0 Å². The molecule has 0 radical (unpaired) electrons. The van der Waals surface area contributed by atoms with E-state index in [1.54, 1.807) is 12.1 Å². The lowest BCUT2D eigenvalue weighted by atomic mass is 9.97. The summed E-state index contributed by atoms with van der Waals surface area (Å²) < 4.78 is 0. The molecule has 0 aliphatic heterocycles. The van der Waals surface area contributed by atoms with Crippen LogP contribution >= 0.6 is 23.8 Å². The van der Waals surface area contributed by atoms with E-state index >= 15 is 0 Å². The van der Waals surface area contributed by atoms with Crippen LogP contribution in [0.4, 0.5) is 5.69 Å². The summed E-state index contributed by atoms with van der Waals surface area (Å²) in [5.74, 6) is 0.124. The van der Waals surface area contributed by atoms with Crippen molar-refractivity contribution in [2.24, 2.45) is 0 Å². The molecule has 0 saturated heterocycles. The Balaban J connectivity index is 2.08. The molecule has 0 aromatic heterocycles. The molecule has 2 rings (SSSR count). The molecule has 2 aromatic carbocycles. The van der Waals surface area contributed by atoms with E-state index < -0.39 is 0 Å². The van der Waals surface area contributed by atoms with Gasteiger partial charge >= 0.3 is 0 Å². The molecule has 0 aliphatic carbocycles. The van der Waals surface area contributed by atoms with Gasteiger partial charge in [0, 0.05) is 16.3 Å². The van der Waals surface area contributed by atoms with E-state index in [0.29, 0.717) is 16.5 Å². The number of aryl methyl sites for hydroxylation is 1. The van der Waals surface area contributed by atoms with Crippen LogP contribution in [-0.2, 0) is 0 Å². The first-order chi connectivity index (χ1) is 11.4. The van der Waals surface area contributed by atoms with Gasteiger partial charge in [0.25, 0.3) is 5.91 Å². The van der Waals surface area contributed by atoms with Gasteiger partial charge in [0.1, 0.15) is 0 Å². The Bertz CT molecular complexity index is 761. The molecular formula is C19H21ClN2OS. The van der Waals surface area contributed by atoms with Crippen molar-refractivity contribution in [1.29, 1.82) is 0 Å². The fourth-order valence-corrected chi connectivity index (χ4v) is 2.71. The highest BCUT2D eigenvalue weighted by Gasteiger charge is 2.12. The Morgan fingerprint density at radius 2 is 1.96 bits per heavy atom. The molecule has 2 aromatic rings. The normalized spacial score (nSPS) is 11.7. The predicted molar refractivity (Wildman–Crippen MR) is 105 cm³/mol. The molecule has 3 nitrogen and oxygen atoms in total. The predicted octanol–water partition coefficient (Wildman–Crippen LogP) is 5.29. The molecule has 0 saturated carbocycles. The summed E-state index contributed by atoms with van der Waals surface area (Å²) in [7, 11) is 0. The van der Waals surface area contributed by atoms with Gasteiger partial charge in [-0.15, -0.1) is 0 Å². The third kappa shape index (κ3) is 4.56. The summed E-state index contributed by atoms with van der Waals surface area (Å²) in [6.07, 6.45) is 1.03. The van der Waals surface area contributed by atoms with E-state index in [4.69, 9.17) is 23.8 Å². The first-order valence-electron chi connectivity index (χ1n) is 7.89. The smallest absolute Gasteiger partial charge is 0.257 e. The second-order valence-corrected chi connectivity index (χ2v) is 6.58. The Morgan fingerprint density at radius 3 is 2.62 bits per heavy atom. The number of rotatable bonds is 4. The second kappa shape index (κ2) is 8.27. The average molecular weight is 361 g/mol. The fraction of sp³-hybridized carbons (Fsp3) is 0.263. The average Bonchev–Trinajstić information content (AvgIpc) is 2.57. The highest BCUT2D eigenvalue weighted by atomic mass is 35.5. The van der Waals surface area contributed by atoms with Gasteiger partial charge in [0.15, 0.2) is 5.11 Å². The van der Waals surface area contributed by atoms with E-state index in [1.807, 2.05) is 31.2 Å². The molecule has 0 fully saturated rings. The summed E-state index contributed by atoms with van der Waals surface area (Å²) in [4.78, 5) is 12.3. The maximum atomic E-state index is 12.3. The molecule has 126 valence electrons. The third-order valence-corrected chi connectivity index (χ3v) is 4.62. The van der Waals surface area contributed by atoms with Gasteiger partial charge in [-0.1, -0.05) is 49.7 Å². The largest absolute Gasteiger partial charge is 0.332 e. The van der Waals surface area contributed by atoms with Crippen molar-refractivity contribution in [2.45, 2.75) is 33.1 Å². The van der Waals surface area contributed by atoms with Crippen LogP contribution in [0.1, 0.15) is 47.7 Å². The molecule has 1 amide bonds. The lowest BCUT2D eigenvalue weighted by Crippen LogP contribution is -2.34. The molecule has 2 N–H and O–H groups in total. The fourth-order valence-electron chi connectivity index (χ4n) is 2.32. The van der Waals surface area contributed by atoms with Crippen LogP contribution in [0.15, 0.2) is 42.5 Å². The van der Waals surface area contributed by atoms with Gasteiger partial charge in [-0.2, -0.15) is 0 Å². The zero-order valence-corrected chi connectivity index (χ0v) is 15.6. The van der Waals surface area contributed by atoms with Crippen molar-refractivity contribution < 1.29 is 4.79 Å². The number of hydrogen-bond acceptors (Lipinski definition) is 2. The van der Waals surface area contributed by atoms with Crippen LogP contribution in [0.2, 0.25) is 5.02 Å². The van der Waals surface area contributed by atoms with E-state index in [2.05, 4.69) is 30.5 Å². The standard InChI is InChI=1S/C19H21ClN2OS/c1-4-12(2)15-7-5-6-8-17(15)21-19(24)22-18(23)14-10-9-13(3)16(20)11-14/h5-12H,4H2,1-3H3,(H2,21,22,23,24). The van der Waals surface area contributed by atoms with Gasteiger partial charge in [0.2, 0.25) is 0 Å². The van der Waals surface area contributed by atoms with E-state index in [9.17, 15) is 4.79 Å². The molecular weight excluding hydrogens is 340 g/mol. The SMILES string of the molecule is CCC(C)c1ccccc1NC(=S)NC(=O)c1ccc(C)c(Cl)c1. The Kier molecular flexibility index (Phi) is 6.35. The quantitative estimate of drug-likeness (QED) is 0.728. The number of halogens is 1. The highest BCUT2D eigenvalue weighted by molar-refractivity contribution is 7.80. The first kappa shape index (κ1) is 18.4. The summed E-state index contributed by atoms with van der Waals surface area (Å²) in [6, 6.07) is 13.2. The minimum atomic E-state index is -0.282. The van der Waals surface area contributed by atoms with Gasteiger partial charge in [0.05, 0.1) is 0 Å². The Hall–Kier alpha value is -1.91. The molecule has 0 bridgehead atoms. The molecule has 1 atom stereocenters. The van der Waals surface area contributed by atoms with Crippen LogP contribution in [0.3, 0.4) is 0 Å². The molecule has 0 aliphatic rings. The van der Waals surface area contributed by atoms with E-state index in [0.717, 1.165) is 17.7 Å². The van der Waals surface area contributed by atoms with Crippen LogP contribution in [0.25, 0.3) is 0 Å². The number of carbonyl (C=O) groups is 1. The lowest BCUT2D eigenvalue weighted by Gasteiger charge is -2.17. The first-order valence-corrected chi connectivity index (χ1v) is 8.68. The van der Waals surface area contributed by atoms with Gasteiger partial charge in [-0.05, 0) is 60.8 Å². The van der Waals surface area contributed by atoms with Crippen molar-refractivity contribution in [3.05, 3.63) is 64.2 Å². The number of thiocarbonyl (C=S) groups is 1. The van der Waals surface area contributed by atoms with Crippen LogP contribution in [-0.4, -0.2) is 11.0 Å². The van der Waals surface area contributed by atoms with Crippen molar-refractivity contribution in [1.82, 2.24) is 5.32 Å². The van der Waals surface area contributed by atoms with Gasteiger partial charge in [-0.3, -0.25) is 10.1 Å². The summed E-state index contributed by atoms with van der Waals surface area (Å²) >= 11 is 11.3. The highest BCUT2D eigenvalue weighted by Crippen LogP contribution is 2.26. The van der Waals surface area contributed by atoms with Crippen LogP contribution in [0, 0.1) is 6.92 Å². The van der Waals surface area contributed by atoms with Crippen molar-refractivity contribution in [3.63, 3.8) is 0 Å². The molecule has 0 spiro atoms. The molecule has 1 unspecified atom stereocenters. The minimum Gasteiger partial charge on any atom is -0.332 e. The maximum Gasteiger partial charge on any atom is 0.257 e. The van der Waals surface area contributed by atoms with Crippen molar-refractivity contribution >= 4 is 40.5 Å². The minimum absolute atomic E-state index is 0.271. The monoisotopic (exact) mass is 360 g/mol. The van der Waals surface area contributed by atoms with Crippen LogP contribution in [0.5, 0.6) is 0 Å². The maximum absolute atomic E-state index is 12.3. The number of carbonyl (C=O) groups excluding carboxylic acids is 1. The van der Waals surface area contributed by atoms with Gasteiger partial charge in [-0.25, -0.2) is 0 Å². The van der Waals surface area contributed by atoms with E-state index in [1.165, 1.54) is 5.56 Å². The Morgan fingerprint density at radius 1 is 1.25 bits per heavy atom. The third-order valence-electron chi connectivity index (χ3n) is 4.01. The molecule has 5 heteroatoms. The molecule has 0 heterocycles. The lowest BCUT2D eigenvalue weighted by molar-refractivity contribution is 0.0977. The van der Waals surface area contributed by atoms with Gasteiger partial charge < -0.3 is 5.32 Å². The Labute approximate surface area is 153 Å². The van der Waals surface area contributed by atoms with Crippen LogP contribution < -0.4 is 10.6 Å². The molecule has 24 heavy (non-hydrogen) atoms. The zero-order chi connectivity index (χ0) is 17.7. The summed E-state index contributed by atoms with van der Waals surface area (Å²) in [5, 5.41) is 6.65. The number of hydrogen-bond donors (Lipinski definition) is 2. The summed E-state index contributed by atoms with van der Waals surface area (Å²) in [5.41, 5.74) is 3.50. The number of nitrogens with one attached hydrogen (secondary N) is 2. The topological polar surface area (TPSA) is 41.1 Å². The zero-order valence-electron chi connectivity index (χ0n) is 14.0.